The standard InChI is InChI=1S/C15H17F3N2O4/c1-9(21)5-12-3-2-4-19(12)14(22)10-6-11(15(16,17)18)8-13(7-10)20(23)24/h6-9,12,21H,2-5H2,1H3. The number of rotatable bonds is 4. The molecular formula is C15H17F3N2O4. The van der Waals surface area contributed by atoms with Crippen LogP contribution < -0.4 is 0 Å². The zero-order chi connectivity index (χ0) is 18.1. The molecule has 1 aliphatic rings. The number of carbonyl (C=O) groups excluding carboxylic acids is 1. The predicted molar refractivity (Wildman–Crippen MR) is 78.5 cm³/mol. The Hall–Kier alpha value is -2.16. The van der Waals surface area contributed by atoms with Crippen LogP contribution in [0, 0.1) is 10.1 Å². The lowest BCUT2D eigenvalue weighted by atomic mass is 10.0. The van der Waals surface area contributed by atoms with Gasteiger partial charge in [-0.15, -0.1) is 0 Å². The molecule has 1 aliphatic heterocycles. The van der Waals surface area contributed by atoms with Crippen molar-refractivity contribution in [1.82, 2.24) is 4.90 Å². The van der Waals surface area contributed by atoms with E-state index in [4.69, 9.17) is 0 Å². The molecule has 0 aromatic heterocycles. The molecule has 2 atom stereocenters. The van der Waals surface area contributed by atoms with Crippen molar-refractivity contribution < 1.29 is 28.0 Å². The fourth-order valence-corrected chi connectivity index (χ4v) is 2.91. The molecule has 1 aromatic rings. The highest BCUT2D eigenvalue weighted by molar-refractivity contribution is 5.95. The van der Waals surface area contributed by atoms with Crippen molar-refractivity contribution in [3.8, 4) is 0 Å². The minimum absolute atomic E-state index is 0.286. The molecule has 2 rings (SSSR count). The summed E-state index contributed by atoms with van der Waals surface area (Å²) in [4.78, 5) is 23.8. The molecule has 1 aromatic carbocycles. The highest BCUT2D eigenvalue weighted by atomic mass is 19.4. The molecule has 2 unspecified atom stereocenters. The van der Waals surface area contributed by atoms with Crippen LogP contribution in [0.15, 0.2) is 18.2 Å². The summed E-state index contributed by atoms with van der Waals surface area (Å²) in [6, 6.07) is 1.61. The number of halogens is 3. The van der Waals surface area contributed by atoms with Gasteiger partial charge in [0, 0.05) is 30.3 Å². The number of nitro groups is 1. The van der Waals surface area contributed by atoms with Crippen LogP contribution in [0.2, 0.25) is 0 Å². The van der Waals surface area contributed by atoms with Crippen molar-refractivity contribution in [3.63, 3.8) is 0 Å². The lowest BCUT2D eigenvalue weighted by Crippen LogP contribution is -2.37. The molecule has 6 nitrogen and oxygen atoms in total. The van der Waals surface area contributed by atoms with Gasteiger partial charge in [-0.2, -0.15) is 13.2 Å². The molecule has 0 saturated carbocycles. The lowest BCUT2D eigenvalue weighted by molar-refractivity contribution is -0.385. The van der Waals surface area contributed by atoms with E-state index in [0.717, 1.165) is 6.07 Å². The van der Waals surface area contributed by atoms with Crippen LogP contribution in [-0.2, 0) is 6.18 Å². The van der Waals surface area contributed by atoms with Crippen molar-refractivity contribution in [3.05, 3.63) is 39.4 Å². The molecule has 1 heterocycles. The Labute approximate surface area is 136 Å². The number of alkyl halides is 3. The van der Waals surface area contributed by atoms with Crippen molar-refractivity contribution in [2.24, 2.45) is 0 Å². The predicted octanol–water partition coefficient (Wildman–Crippen LogP) is 2.99. The Morgan fingerprint density at radius 3 is 2.67 bits per heavy atom. The zero-order valence-corrected chi connectivity index (χ0v) is 12.9. The highest BCUT2D eigenvalue weighted by Gasteiger charge is 2.35. The van der Waals surface area contributed by atoms with Crippen LogP contribution in [0.3, 0.4) is 0 Å². The van der Waals surface area contributed by atoms with Crippen LogP contribution in [0.5, 0.6) is 0 Å². The van der Waals surface area contributed by atoms with Gasteiger partial charge in [-0.3, -0.25) is 14.9 Å². The quantitative estimate of drug-likeness (QED) is 0.671. The highest BCUT2D eigenvalue weighted by Crippen LogP contribution is 2.33. The summed E-state index contributed by atoms with van der Waals surface area (Å²) in [5, 5.41) is 20.3. The van der Waals surface area contributed by atoms with Gasteiger partial charge in [-0.05, 0) is 32.3 Å². The first-order valence-electron chi connectivity index (χ1n) is 7.45. The molecular weight excluding hydrogens is 329 g/mol. The number of carbonyl (C=O) groups is 1. The van der Waals surface area contributed by atoms with E-state index >= 15 is 0 Å². The molecule has 0 spiro atoms. The summed E-state index contributed by atoms with van der Waals surface area (Å²) < 4.78 is 38.8. The lowest BCUT2D eigenvalue weighted by Gasteiger charge is -2.26. The molecule has 24 heavy (non-hydrogen) atoms. The van der Waals surface area contributed by atoms with Crippen LogP contribution in [0.4, 0.5) is 18.9 Å². The van der Waals surface area contributed by atoms with Gasteiger partial charge in [-0.25, -0.2) is 0 Å². The Kier molecular flexibility index (Phi) is 5.12. The van der Waals surface area contributed by atoms with E-state index < -0.39 is 34.4 Å². The number of aliphatic hydroxyl groups is 1. The fourth-order valence-electron chi connectivity index (χ4n) is 2.91. The van der Waals surface area contributed by atoms with Gasteiger partial charge < -0.3 is 10.0 Å². The van der Waals surface area contributed by atoms with E-state index in [1.165, 1.54) is 4.90 Å². The third-order valence-electron chi connectivity index (χ3n) is 3.95. The molecule has 1 amide bonds. The average Bonchev–Trinajstić information content (AvgIpc) is 2.92. The number of aliphatic hydroxyl groups excluding tert-OH is 1. The van der Waals surface area contributed by atoms with Gasteiger partial charge in [0.15, 0.2) is 0 Å². The maximum atomic E-state index is 12.9. The van der Waals surface area contributed by atoms with Gasteiger partial charge in [0.05, 0.1) is 16.6 Å². The number of amides is 1. The van der Waals surface area contributed by atoms with E-state index in [-0.39, 0.29) is 11.6 Å². The molecule has 0 bridgehead atoms. The van der Waals surface area contributed by atoms with Gasteiger partial charge in [0.25, 0.3) is 11.6 Å². The van der Waals surface area contributed by atoms with Gasteiger partial charge in [0.1, 0.15) is 0 Å². The summed E-state index contributed by atoms with van der Waals surface area (Å²) in [6.07, 6.45) is -3.82. The number of nitrogens with zero attached hydrogens (tertiary/aromatic N) is 2. The minimum Gasteiger partial charge on any atom is -0.393 e. The maximum Gasteiger partial charge on any atom is 0.416 e. The Morgan fingerprint density at radius 2 is 2.12 bits per heavy atom. The summed E-state index contributed by atoms with van der Waals surface area (Å²) in [5.74, 6) is -0.688. The normalized spacial score (nSPS) is 19.4. The SMILES string of the molecule is CC(O)CC1CCCN1C(=O)c1cc([N+](=O)[O-])cc(C(F)(F)F)c1. The van der Waals surface area contributed by atoms with Crippen molar-refractivity contribution >= 4 is 11.6 Å². The van der Waals surface area contributed by atoms with Crippen molar-refractivity contribution in [2.45, 2.75) is 44.5 Å². The summed E-state index contributed by atoms with van der Waals surface area (Å²) in [6.45, 7) is 1.91. The molecule has 132 valence electrons. The Morgan fingerprint density at radius 1 is 1.46 bits per heavy atom. The van der Waals surface area contributed by atoms with Crippen LogP contribution in [0.1, 0.15) is 42.1 Å². The zero-order valence-electron chi connectivity index (χ0n) is 12.9. The van der Waals surface area contributed by atoms with Gasteiger partial charge >= 0.3 is 6.18 Å². The van der Waals surface area contributed by atoms with Gasteiger partial charge in [-0.1, -0.05) is 0 Å². The number of likely N-dealkylation sites (tertiary alicyclic amines) is 1. The number of nitro benzene ring substituents is 1. The van der Waals surface area contributed by atoms with E-state index in [9.17, 15) is 33.2 Å². The largest absolute Gasteiger partial charge is 0.416 e. The fraction of sp³-hybridized carbons (Fsp3) is 0.533. The second-order valence-electron chi connectivity index (χ2n) is 5.90. The Balaban J connectivity index is 2.38. The third-order valence-corrected chi connectivity index (χ3v) is 3.95. The summed E-state index contributed by atoms with van der Waals surface area (Å²) >= 11 is 0. The second-order valence-corrected chi connectivity index (χ2v) is 5.90. The minimum atomic E-state index is -4.79. The molecule has 1 saturated heterocycles. The van der Waals surface area contributed by atoms with Crippen molar-refractivity contribution in [1.29, 1.82) is 0 Å². The first-order chi connectivity index (χ1) is 11.1. The van der Waals surface area contributed by atoms with Crippen LogP contribution in [-0.4, -0.2) is 39.5 Å². The number of hydrogen-bond acceptors (Lipinski definition) is 4. The second kappa shape index (κ2) is 6.76. The topological polar surface area (TPSA) is 83.7 Å². The molecule has 0 radical (unpaired) electrons. The van der Waals surface area contributed by atoms with E-state index in [2.05, 4.69) is 0 Å². The molecule has 1 N–H and O–H groups in total. The molecule has 1 fully saturated rings. The van der Waals surface area contributed by atoms with Gasteiger partial charge in [0.2, 0.25) is 0 Å². The Bertz CT molecular complexity index is 646. The first-order valence-corrected chi connectivity index (χ1v) is 7.45. The van der Waals surface area contributed by atoms with Crippen molar-refractivity contribution in [2.75, 3.05) is 6.54 Å². The van der Waals surface area contributed by atoms with Crippen LogP contribution >= 0.6 is 0 Å². The first kappa shape index (κ1) is 18.2. The number of benzene rings is 1. The number of hydrogen-bond donors (Lipinski definition) is 1. The third kappa shape index (κ3) is 4.02. The number of non-ortho nitro benzene ring substituents is 1. The van der Waals surface area contributed by atoms with E-state index in [1.807, 2.05) is 0 Å². The van der Waals surface area contributed by atoms with E-state index in [1.54, 1.807) is 6.92 Å². The maximum absolute atomic E-state index is 12.9. The molecule has 0 aliphatic carbocycles. The van der Waals surface area contributed by atoms with Crippen LogP contribution in [0.25, 0.3) is 0 Å². The monoisotopic (exact) mass is 346 g/mol. The smallest absolute Gasteiger partial charge is 0.393 e. The summed E-state index contributed by atoms with van der Waals surface area (Å²) in [5.41, 5.74) is -2.38. The van der Waals surface area contributed by atoms with E-state index in [0.29, 0.717) is 37.9 Å². The summed E-state index contributed by atoms with van der Waals surface area (Å²) in [7, 11) is 0. The molecule has 9 heteroatoms. The average molecular weight is 346 g/mol.